The van der Waals surface area contributed by atoms with Crippen LogP contribution < -0.4 is 5.73 Å². The van der Waals surface area contributed by atoms with Gasteiger partial charge in [0.05, 0.1) is 11.3 Å². The molecule has 1 aromatic rings. The van der Waals surface area contributed by atoms with Gasteiger partial charge in [0.25, 0.3) is 0 Å². The van der Waals surface area contributed by atoms with Gasteiger partial charge in [-0.25, -0.2) is 9.97 Å². The van der Waals surface area contributed by atoms with E-state index in [0.717, 1.165) is 5.69 Å². The molecule has 0 radical (unpaired) electrons. The number of rotatable bonds is 0. The van der Waals surface area contributed by atoms with Crippen LogP contribution in [0.5, 0.6) is 0 Å². The van der Waals surface area contributed by atoms with Gasteiger partial charge in [0.2, 0.25) is 5.95 Å². The smallest absolute Gasteiger partial charge is 0.220 e. The van der Waals surface area contributed by atoms with Gasteiger partial charge in [0.1, 0.15) is 0 Å². The van der Waals surface area contributed by atoms with Crippen molar-refractivity contribution < 1.29 is 0 Å². The zero-order chi connectivity index (χ0) is 7.56. The van der Waals surface area contributed by atoms with Crippen LogP contribution in [-0.4, -0.2) is 9.97 Å². The quantitative estimate of drug-likeness (QED) is 0.519. The highest BCUT2D eigenvalue weighted by Crippen LogP contribution is 2.01. The van der Waals surface area contributed by atoms with E-state index in [0.29, 0.717) is 5.56 Å². The number of terminal acetylenes is 1. The number of anilines is 1. The van der Waals surface area contributed by atoms with Crippen molar-refractivity contribution in [2.45, 2.75) is 6.92 Å². The maximum absolute atomic E-state index is 5.29. The van der Waals surface area contributed by atoms with Crippen molar-refractivity contribution in [1.82, 2.24) is 9.97 Å². The van der Waals surface area contributed by atoms with E-state index in [1.54, 1.807) is 6.92 Å². The molecular formula is C7H7N3. The van der Waals surface area contributed by atoms with Gasteiger partial charge in [-0.05, 0) is 6.92 Å². The summed E-state index contributed by atoms with van der Waals surface area (Å²) in [7, 11) is 0. The average molecular weight is 133 g/mol. The normalized spacial score (nSPS) is 8.80. The molecule has 1 heterocycles. The fourth-order valence-electron chi connectivity index (χ4n) is 0.627. The van der Waals surface area contributed by atoms with Gasteiger partial charge in [0, 0.05) is 6.20 Å². The number of aryl methyl sites for hydroxylation is 1. The Bertz CT molecular complexity index is 285. The monoisotopic (exact) mass is 133 g/mol. The summed E-state index contributed by atoms with van der Waals surface area (Å²) in [5.74, 6) is 2.70. The number of hydrogen-bond donors (Lipinski definition) is 1. The first-order chi connectivity index (χ1) is 4.74. The first-order valence-corrected chi connectivity index (χ1v) is 2.80. The zero-order valence-corrected chi connectivity index (χ0v) is 5.63. The minimum atomic E-state index is 0.261. The Balaban J connectivity index is 3.23. The van der Waals surface area contributed by atoms with E-state index in [1.165, 1.54) is 6.20 Å². The molecule has 3 heteroatoms. The van der Waals surface area contributed by atoms with Crippen LogP contribution in [0.3, 0.4) is 0 Å². The van der Waals surface area contributed by atoms with Gasteiger partial charge in [-0.2, -0.15) is 0 Å². The van der Waals surface area contributed by atoms with Crippen molar-refractivity contribution >= 4 is 5.95 Å². The lowest BCUT2D eigenvalue weighted by Crippen LogP contribution is -1.97. The van der Waals surface area contributed by atoms with E-state index >= 15 is 0 Å². The van der Waals surface area contributed by atoms with Gasteiger partial charge in [-0.3, -0.25) is 0 Å². The van der Waals surface area contributed by atoms with Gasteiger partial charge >= 0.3 is 0 Å². The highest BCUT2D eigenvalue weighted by molar-refractivity contribution is 5.35. The molecule has 2 N–H and O–H groups in total. The van der Waals surface area contributed by atoms with Crippen molar-refractivity contribution in [2.24, 2.45) is 0 Å². The minimum absolute atomic E-state index is 0.261. The third-order valence-electron chi connectivity index (χ3n) is 1.15. The van der Waals surface area contributed by atoms with Crippen LogP contribution in [0.4, 0.5) is 5.95 Å². The molecule has 3 nitrogen and oxygen atoms in total. The Labute approximate surface area is 59.3 Å². The summed E-state index contributed by atoms with van der Waals surface area (Å²) in [6, 6.07) is 0. The average Bonchev–Trinajstić information content (AvgIpc) is 1.88. The van der Waals surface area contributed by atoms with Crippen molar-refractivity contribution in [3.63, 3.8) is 0 Å². The third-order valence-corrected chi connectivity index (χ3v) is 1.15. The first-order valence-electron chi connectivity index (χ1n) is 2.80. The Morgan fingerprint density at radius 3 is 2.90 bits per heavy atom. The summed E-state index contributed by atoms with van der Waals surface area (Å²) in [4.78, 5) is 7.60. The molecule has 50 valence electrons. The zero-order valence-electron chi connectivity index (χ0n) is 5.63. The molecule has 0 aliphatic rings. The second kappa shape index (κ2) is 2.36. The van der Waals surface area contributed by atoms with Crippen LogP contribution in [0.1, 0.15) is 11.3 Å². The summed E-state index contributed by atoms with van der Waals surface area (Å²) < 4.78 is 0. The lowest BCUT2D eigenvalue weighted by atomic mass is 10.3. The van der Waals surface area contributed by atoms with E-state index in [-0.39, 0.29) is 5.95 Å². The van der Waals surface area contributed by atoms with Crippen LogP contribution in [0.2, 0.25) is 0 Å². The van der Waals surface area contributed by atoms with E-state index in [2.05, 4.69) is 15.9 Å². The van der Waals surface area contributed by atoms with Gasteiger partial charge < -0.3 is 5.73 Å². The Kier molecular flexibility index (Phi) is 1.55. The number of nitrogens with two attached hydrogens (primary N) is 1. The molecule has 0 aliphatic carbocycles. The first kappa shape index (κ1) is 6.56. The summed E-state index contributed by atoms with van der Waals surface area (Å²) in [6.45, 7) is 1.80. The molecule has 1 aromatic heterocycles. The van der Waals surface area contributed by atoms with Gasteiger partial charge in [-0.1, -0.05) is 5.92 Å². The molecule has 0 spiro atoms. The van der Waals surface area contributed by atoms with Crippen LogP contribution in [0.15, 0.2) is 6.20 Å². The Morgan fingerprint density at radius 1 is 1.70 bits per heavy atom. The molecule has 0 saturated carbocycles. The molecule has 1 rings (SSSR count). The highest BCUT2D eigenvalue weighted by Gasteiger charge is 1.95. The molecule has 0 amide bonds. The maximum atomic E-state index is 5.29. The summed E-state index contributed by atoms with van der Waals surface area (Å²) in [5, 5.41) is 0. The predicted molar refractivity (Wildman–Crippen MR) is 39.1 cm³/mol. The predicted octanol–water partition coefficient (Wildman–Crippen LogP) is 0.349. The van der Waals surface area contributed by atoms with Crippen LogP contribution in [0, 0.1) is 19.3 Å². The molecular weight excluding hydrogens is 126 g/mol. The van der Waals surface area contributed by atoms with E-state index in [9.17, 15) is 0 Å². The van der Waals surface area contributed by atoms with Crippen molar-refractivity contribution in [2.75, 3.05) is 5.73 Å². The number of nitrogens with zero attached hydrogens (tertiary/aromatic N) is 2. The van der Waals surface area contributed by atoms with Gasteiger partial charge in [-0.15, -0.1) is 6.42 Å². The molecule has 0 saturated heterocycles. The summed E-state index contributed by atoms with van der Waals surface area (Å²) in [6.07, 6.45) is 6.67. The summed E-state index contributed by atoms with van der Waals surface area (Å²) >= 11 is 0. The molecule has 0 unspecified atom stereocenters. The Morgan fingerprint density at radius 2 is 2.40 bits per heavy atom. The topological polar surface area (TPSA) is 51.8 Å². The van der Waals surface area contributed by atoms with Crippen LogP contribution >= 0.6 is 0 Å². The number of aromatic nitrogens is 2. The standard InChI is InChI=1S/C7H7N3/c1-3-6-4-9-7(8)10-5(6)2/h1,4H,2H3,(H2,8,9,10). The second-order valence-corrected chi connectivity index (χ2v) is 1.87. The summed E-state index contributed by atoms with van der Waals surface area (Å²) in [5.41, 5.74) is 6.73. The molecule has 10 heavy (non-hydrogen) atoms. The number of nitrogen functional groups attached to an aromatic ring is 1. The minimum Gasteiger partial charge on any atom is -0.368 e. The lowest BCUT2D eigenvalue weighted by Gasteiger charge is -1.95. The van der Waals surface area contributed by atoms with Crippen molar-refractivity contribution in [3.8, 4) is 12.3 Å². The molecule has 0 bridgehead atoms. The Hall–Kier alpha value is -1.56. The fourth-order valence-corrected chi connectivity index (χ4v) is 0.627. The lowest BCUT2D eigenvalue weighted by molar-refractivity contribution is 1.11. The van der Waals surface area contributed by atoms with E-state index in [1.807, 2.05) is 0 Å². The second-order valence-electron chi connectivity index (χ2n) is 1.87. The van der Waals surface area contributed by atoms with Crippen LogP contribution in [0.25, 0.3) is 0 Å². The fraction of sp³-hybridized carbons (Fsp3) is 0.143. The van der Waals surface area contributed by atoms with E-state index < -0.39 is 0 Å². The van der Waals surface area contributed by atoms with Gasteiger partial charge in [0.15, 0.2) is 0 Å². The molecule has 0 fully saturated rings. The SMILES string of the molecule is C#Cc1cnc(N)nc1C. The number of hydrogen-bond acceptors (Lipinski definition) is 3. The third kappa shape index (κ3) is 1.06. The largest absolute Gasteiger partial charge is 0.368 e. The maximum Gasteiger partial charge on any atom is 0.220 e. The molecule has 0 aliphatic heterocycles. The van der Waals surface area contributed by atoms with Crippen LogP contribution in [-0.2, 0) is 0 Å². The van der Waals surface area contributed by atoms with Crippen molar-refractivity contribution in [3.05, 3.63) is 17.5 Å². The molecule has 0 aromatic carbocycles. The van der Waals surface area contributed by atoms with Crippen molar-refractivity contribution in [1.29, 1.82) is 0 Å². The highest BCUT2D eigenvalue weighted by atomic mass is 15.0. The van der Waals surface area contributed by atoms with E-state index in [4.69, 9.17) is 12.2 Å². The molecule has 0 atom stereocenters.